The third kappa shape index (κ3) is 2.85. The molecule has 3 heterocycles. The fraction of sp³-hybridized carbons (Fsp3) is 0.933. The highest BCUT2D eigenvalue weighted by molar-refractivity contribution is 5.75. The number of hydrogen-bond donors (Lipinski definition) is 1. The Morgan fingerprint density at radius 1 is 1.25 bits per heavy atom. The molecule has 5 nitrogen and oxygen atoms in total. The van der Waals surface area contributed by atoms with Crippen LogP contribution in [0.2, 0.25) is 0 Å². The number of rotatable bonds is 3. The molecular formula is C15H26N2O3. The van der Waals surface area contributed by atoms with Crippen LogP contribution in [0.3, 0.4) is 0 Å². The second-order valence-corrected chi connectivity index (χ2v) is 6.66. The number of carboxylic acid groups (broad SMARTS) is 1. The molecule has 0 aromatic carbocycles. The molecule has 114 valence electrons. The molecule has 3 aliphatic rings. The minimum atomic E-state index is -0.676. The number of fused-ring (bicyclic) bond motifs is 1. The predicted molar refractivity (Wildman–Crippen MR) is 75.8 cm³/mol. The predicted octanol–water partition coefficient (Wildman–Crippen LogP) is 1.04. The zero-order valence-electron chi connectivity index (χ0n) is 12.2. The lowest BCUT2D eigenvalue weighted by Gasteiger charge is -2.38. The van der Waals surface area contributed by atoms with Gasteiger partial charge in [-0.3, -0.25) is 9.69 Å². The summed E-state index contributed by atoms with van der Waals surface area (Å²) in [4.78, 5) is 16.7. The summed E-state index contributed by atoms with van der Waals surface area (Å²) in [7, 11) is 0. The molecule has 0 bridgehead atoms. The van der Waals surface area contributed by atoms with Crippen molar-refractivity contribution < 1.29 is 14.6 Å². The molecule has 0 radical (unpaired) electrons. The first-order valence-corrected chi connectivity index (χ1v) is 7.97. The Labute approximate surface area is 120 Å². The van der Waals surface area contributed by atoms with Gasteiger partial charge >= 0.3 is 5.97 Å². The Hall–Kier alpha value is -0.650. The molecule has 20 heavy (non-hydrogen) atoms. The highest BCUT2D eigenvalue weighted by Gasteiger charge is 2.43. The van der Waals surface area contributed by atoms with Crippen LogP contribution in [0.4, 0.5) is 0 Å². The van der Waals surface area contributed by atoms with E-state index in [-0.39, 0.29) is 0 Å². The number of carbonyl (C=O) groups is 1. The Kier molecular flexibility index (Phi) is 4.29. The third-order valence-electron chi connectivity index (χ3n) is 5.19. The molecule has 0 amide bonds. The summed E-state index contributed by atoms with van der Waals surface area (Å²) in [6.45, 7) is 6.23. The average Bonchev–Trinajstić information content (AvgIpc) is 2.79. The smallest absolute Gasteiger partial charge is 0.313 e. The molecule has 3 fully saturated rings. The maximum atomic E-state index is 11.7. The molecule has 0 aliphatic carbocycles. The van der Waals surface area contributed by atoms with Crippen LogP contribution in [0.25, 0.3) is 0 Å². The zero-order chi connectivity index (χ0) is 14.0. The first kappa shape index (κ1) is 14.3. The van der Waals surface area contributed by atoms with Gasteiger partial charge in [0.05, 0.1) is 6.61 Å². The summed E-state index contributed by atoms with van der Waals surface area (Å²) >= 11 is 0. The summed E-state index contributed by atoms with van der Waals surface area (Å²) in [5, 5.41) is 9.66. The second-order valence-electron chi connectivity index (χ2n) is 6.66. The van der Waals surface area contributed by atoms with Crippen LogP contribution in [0.5, 0.6) is 0 Å². The maximum Gasteiger partial charge on any atom is 0.313 e. The largest absolute Gasteiger partial charge is 0.481 e. The number of aliphatic carboxylic acids is 1. The summed E-state index contributed by atoms with van der Waals surface area (Å²) in [6.07, 6.45) is 5.36. The van der Waals surface area contributed by atoms with Crippen LogP contribution in [0, 0.1) is 5.41 Å². The van der Waals surface area contributed by atoms with Crippen molar-refractivity contribution in [3.63, 3.8) is 0 Å². The molecule has 3 aliphatic heterocycles. The van der Waals surface area contributed by atoms with Gasteiger partial charge in [0.15, 0.2) is 0 Å². The monoisotopic (exact) mass is 282 g/mol. The standard InChI is InChI=1S/C15H26N2O3/c18-14(19)15(5-2-9-20-12-15)11-16-6-3-8-17-7-1-4-13(17)10-16/h13H,1-12H2,(H,18,19). The Morgan fingerprint density at radius 3 is 2.85 bits per heavy atom. The minimum Gasteiger partial charge on any atom is -0.481 e. The zero-order valence-corrected chi connectivity index (χ0v) is 12.2. The van der Waals surface area contributed by atoms with Crippen molar-refractivity contribution in [2.24, 2.45) is 5.41 Å². The molecular weight excluding hydrogens is 256 g/mol. The maximum absolute atomic E-state index is 11.7. The summed E-state index contributed by atoms with van der Waals surface area (Å²) in [5.74, 6) is -0.676. The fourth-order valence-corrected chi connectivity index (χ4v) is 4.07. The number of nitrogens with zero attached hydrogens (tertiary/aromatic N) is 2. The lowest BCUT2D eigenvalue weighted by atomic mass is 9.82. The number of hydrogen-bond acceptors (Lipinski definition) is 4. The molecule has 2 atom stereocenters. The van der Waals surface area contributed by atoms with Crippen molar-refractivity contribution in [2.45, 2.75) is 38.1 Å². The van der Waals surface area contributed by atoms with Crippen molar-refractivity contribution in [2.75, 3.05) is 45.9 Å². The van der Waals surface area contributed by atoms with E-state index in [0.29, 0.717) is 25.8 Å². The molecule has 0 spiro atoms. The Morgan fingerprint density at radius 2 is 2.10 bits per heavy atom. The van der Waals surface area contributed by atoms with E-state index in [2.05, 4.69) is 9.80 Å². The SMILES string of the molecule is O=C(O)C1(CN2CCCN3CCCC3C2)CCCOC1. The number of ether oxygens (including phenoxy) is 1. The summed E-state index contributed by atoms with van der Waals surface area (Å²) < 4.78 is 5.49. The molecule has 1 N–H and O–H groups in total. The Bertz CT molecular complexity index is 355. The van der Waals surface area contributed by atoms with Gasteiger partial charge in [0, 0.05) is 25.7 Å². The average molecular weight is 282 g/mol. The van der Waals surface area contributed by atoms with E-state index in [1.807, 2.05) is 0 Å². The molecule has 3 rings (SSSR count). The van der Waals surface area contributed by atoms with Gasteiger partial charge in [0.2, 0.25) is 0 Å². The van der Waals surface area contributed by atoms with Gasteiger partial charge < -0.3 is 14.7 Å². The van der Waals surface area contributed by atoms with Gasteiger partial charge in [0.25, 0.3) is 0 Å². The fourth-order valence-electron chi connectivity index (χ4n) is 4.07. The molecule has 3 saturated heterocycles. The highest BCUT2D eigenvalue weighted by Crippen LogP contribution is 2.31. The van der Waals surface area contributed by atoms with Crippen LogP contribution in [-0.4, -0.2) is 72.9 Å². The quantitative estimate of drug-likeness (QED) is 0.838. The van der Waals surface area contributed by atoms with E-state index in [1.165, 1.54) is 25.9 Å². The summed E-state index contributed by atoms with van der Waals surface area (Å²) in [6, 6.07) is 0.646. The van der Waals surface area contributed by atoms with Gasteiger partial charge in [-0.05, 0) is 51.7 Å². The van der Waals surface area contributed by atoms with E-state index in [4.69, 9.17) is 4.74 Å². The van der Waals surface area contributed by atoms with Crippen LogP contribution >= 0.6 is 0 Å². The van der Waals surface area contributed by atoms with Gasteiger partial charge in [-0.25, -0.2) is 0 Å². The van der Waals surface area contributed by atoms with E-state index >= 15 is 0 Å². The first-order chi connectivity index (χ1) is 9.70. The van der Waals surface area contributed by atoms with Crippen LogP contribution < -0.4 is 0 Å². The van der Waals surface area contributed by atoms with Gasteiger partial charge in [-0.15, -0.1) is 0 Å². The number of carboxylic acids is 1. The van der Waals surface area contributed by atoms with Crippen molar-refractivity contribution in [1.29, 1.82) is 0 Å². The van der Waals surface area contributed by atoms with Crippen molar-refractivity contribution >= 4 is 5.97 Å². The van der Waals surface area contributed by atoms with Crippen LogP contribution in [0.1, 0.15) is 32.1 Å². The van der Waals surface area contributed by atoms with E-state index in [9.17, 15) is 9.90 Å². The van der Waals surface area contributed by atoms with E-state index in [1.54, 1.807) is 0 Å². The third-order valence-corrected chi connectivity index (χ3v) is 5.19. The van der Waals surface area contributed by atoms with E-state index in [0.717, 1.165) is 32.4 Å². The molecule has 2 unspecified atom stereocenters. The molecule has 0 aromatic heterocycles. The molecule has 0 saturated carbocycles. The molecule has 5 heteroatoms. The second kappa shape index (κ2) is 6.00. The van der Waals surface area contributed by atoms with Crippen molar-refractivity contribution in [1.82, 2.24) is 9.80 Å². The minimum absolute atomic E-state index is 0.382. The van der Waals surface area contributed by atoms with Gasteiger partial charge in [-0.1, -0.05) is 0 Å². The lowest BCUT2D eigenvalue weighted by Crippen LogP contribution is -2.50. The van der Waals surface area contributed by atoms with Crippen molar-refractivity contribution in [3.05, 3.63) is 0 Å². The normalized spacial score (nSPS) is 36.5. The lowest BCUT2D eigenvalue weighted by molar-refractivity contribution is -0.159. The van der Waals surface area contributed by atoms with Gasteiger partial charge in [0.1, 0.15) is 5.41 Å². The topological polar surface area (TPSA) is 53.0 Å². The van der Waals surface area contributed by atoms with Gasteiger partial charge in [-0.2, -0.15) is 0 Å². The molecule has 0 aromatic rings. The highest BCUT2D eigenvalue weighted by atomic mass is 16.5. The van der Waals surface area contributed by atoms with E-state index < -0.39 is 11.4 Å². The Balaban J connectivity index is 1.66. The van der Waals surface area contributed by atoms with Crippen LogP contribution in [-0.2, 0) is 9.53 Å². The first-order valence-electron chi connectivity index (χ1n) is 7.97. The van der Waals surface area contributed by atoms with Crippen LogP contribution in [0.15, 0.2) is 0 Å². The van der Waals surface area contributed by atoms with Crippen molar-refractivity contribution in [3.8, 4) is 0 Å². The summed E-state index contributed by atoms with van der Waals surface area (Å²) in [5.41, 5.74) is -0.675.